The highest BCUT2D eigenvalue weighted by Gasteiger charge is 2.26. The highest BCUT2D eigenvalue weighted by atomic mass is 16.1. The first kappa shape index (κ1) is 9.50. The number of rotatable bonds is 2. The summed E-state index contributed by atoms with van der Waals surface area (Å²) >= 11 is 0. The Bertz CT molecular complexity index is 191. The van der Waals surface area contributed by atoms with Gasteiger partial charge >= 0.3 is 0 Å². The van der Waals surface area contributed by atoms with Gasteiger partial charge in [-0.1, -0.05) is 25.5 Å². The summed E-state index contributed by atoms with van der Waals surface area (Å²) in [5.41, 5.74) is 1.38. The molecule has 0 spiro atoms. The van der Waals surface area contributed by atoms with E-state index in [4.69, 9.17) is 0 Å². The lowest BCUT2D eigenvalue weighted by Crippen LogP contribution is -2.24. The molecule has 1 aliphatic carbocycles. The molecule has 0 bridgehead atoms. The summed E-state index contributed by atoms with van der Waals surface area (Å²) in [5, 5.41) is 0. The van der Waals surface area contributed by atoms with Crippen molar-refractivity contribution in [3.05, 3.63) is 11.6 Å². The first-order chi connectivity index (χ1) is 5.65. The standard InChI is InChI=1S/C11H18O/c1-8(2)11-5-4-9(3)6-10(11)7-12/h4,7-8,10-11H,5-6H2,1-3H3. The molecule has 0 aromatic heterocycles. The number of allylic oxidation sites excluding steroid dienone is 2. The molecule has 0 aliphatic heterocycles. The molecule has 12 heavy (non-hydrogen) atoms. The molecular weight excluding hydrogens is 148 g/mol. The van der Waals surface area contributed by atoms with Gasteiger partial charge in [-0.15, -0.1) is 0 Å². The Morgan fingerprint density at radius 2 is 2.25 bits per heavy atom. The van der Waals surface area contributed by atoms with Crippen LogP contribution in [0.1, 0.15) is 33.6 Å². The van der Waals surface area contributed by atoms with Gasteiger partial charge in [0.05, 0.1) is 0 Å². The monoisotopic (exact) mass is 166 g/mol. The first-order valence-electron chi connectivity index (χ1n) is 4.76. The maximum atomic E-state index is 10.8. The van der Waals surface area contributed by atoms with Crippen molar-refractivity contribution in [1.29, 1.82) is 0 Å². The third-order valence-electron chi connectivity index (χ3n) is 2.88. The van der Waals surface area contributed by atoms with Crippen LogP contribution < -0.4 is 0 Å². The summed E-state index contributed by atoms with van der Waals surface area (Å²) in [6.07, 6.45) is 5.49. The average Bonchev–Trinajstić information content (AvgIpc) is 2.03. The van der Waals surface area contributed by atoms with Crippen LogP contribution in [0, 0.1) is 17.8 Å². The lowest BCUT2D eigenvalue weighted by Gasteiger charge is -2.29. The Balaban J connectivity index is 2.69. The van der Waals surface area contributed by atoms with E-state index in [-0.39, 0.29) is 5.92 Å². The SMILES string of the molecule is CC1=CCC(C(C)C)C(C=O)C1. The summed E-state index contributed by atoms with van der Waals surface area (Å²) in [6, 6.07) is 0. The number of carbonyl (C=O) groups is 1. The average molecular weight is 166 g/mol. The number of aldehydes is 1. The topological polar surface area (TPSA) is 17.1 Å². The van der Waals surface area contributed by atoms with E-state index in [1.54, 1.807) is 0 Å². The summed E-state index contributed by atoms with van der Waals surface area (Å²) in [4.78, 5) is 10.8. The summed E-state index contributed by atoms with van der Waals surface area (Å²) in [7, 11) is 0. The summed E-state index contributed by atoms with van der Waals surface area (Å²) in [6.45, 7) is 6.53. The Kier molecular flexibility index (Phi) is 3.07. The van der Waals surface area contributed by atoms with Gasteiger partial charge in [0.1, 0.15) is 6.29 Å². The van der Waals surface area contributed by atoms with Crippen LogP contribution in [-0.2, 0) is 4.79 Å². The highest BCUT2D eigenvalue weighted by molar-refractivity contribution is 5.55. The normalized spacial score (nSPS) is 30.2. The molecule has 0 radical (unpaired) electrons. The Morgan fingerprint density at radius 1 is 1.58 bits per heavy atom. The van der Waals surface area contributed by atoms with E-state index in [1.165, 1.54) is 5.57 Å². The van der Waals surface area contributed by atoms with Crippen molar-refractivity contribution in [2.24, 2.45) is 17.8 Å². The summed E-state index contributed by atoms with van der Waals surface area (Å²) in [5.74, 6) is 1.48. The molecule has 1 aliphatic rings. The minimum Gasteiger partial charge on any atom is -0.303 e. The molecule has 0 fully saturated rings. The molecule has 0 amide bonds. The minimum atomic E-state index is 0.273. The molecule has 0 saturated heterocycles. The van der Waals surface area contributed by atoms with Gasteiger partial charge in [0.25, 0.3) is 0 Å². The lowest BCUT2D eigenvalue weighted by atomic mass is 9.75. The van der Waals surface area contributed by atoms with Gasteiger partial charge in [-0.05, 0) is 31.6 Å². The van der Waals surface area contributed by atoms with Crippen molar-refractivity contribution in [2.75, 3.05) is 0 Å². The molecular formula is C11H18O. The quantitative estimate of drug-likeness (QED) is 0.455. The van der Waals surface area contributed by atoms with Gasteiger partial charge in [0.2, 0.25) is 0 Å². The largest absolute Gasteiger partial charge is 0.303 e. The van der Waals surface area contributed by atoms with Crippen LogP contribution in [0.25, 0.3) is 0 Å². The van der Waals surface area contributed by atoms with Crippen molar-refractivity contribution in [1.82, 2.24) is 0 Å². The van der Waals surface area contributed by atoms with Gasteiger partial charge in [0, 0.05) is 5.92 Å². The Hall–Kier alpha value is -0.590. The van der Waals surface area contributed by atoms with Gasteiger partial charge in [-0.25, -0.2) is 0 Å². The molecule has 0 N–H and O–H groups in total. The van der Waals surface area contributed by atoms with Crippen molar-refractivity contribution in [3.63, 3.8) is 0 Å². The second-order valence-corrected chi connectivity index (χ2v) is 4.20. The minimum absolute atomic E-state index is 0.273. The second-order valence-electron chi connectivity index (χ2n) is 4.20. The first-order valence-corrected chi connectivity index (χ1v) is 4.76. The molecule has 2 unspecified atom stereocenters. The molecule has 0 aromatic rings. The molecule has 2 atom stereocenters. The predicted octanol–water partition coefficient (Wildman–Crippen LogP) is 2.81. The maximum Gasteiger partial charge on any atom is 0.123 e. The van der Waals surface area contributed by atoms with E-state index < -0.39 is 0 Å². The lowest BCUT2D eigenvalue weighted by molar-refractivity contribution is -0.113. The zero-order valence-electron chi connectivity index (χ0n) is 8.21. The fraction of sp³-hybridized carbons (Fsp3) is 0.727. The molecule has 0 aromatic carbocycles. The van der Waals surface area contributed by atoms with Crippen LogP contribution >= 0.6 is 0 Å². The van der Waals surface area contributed by atoms with Gasteiger partial charge in [-0.3, -0.25) is 0 Å². The zero-order valence-corrected chi connectivity index (χ0v) is 8.21. The van der Waals surface area contributed by atoms with Crippen LogP contribution in [-0.4, -0.2) is 6.29 Å². The van der Waals surface area contributed by atoms with E-state index in [1.807, 2.05) is 0 Å². The van der Waals surface area contributed by atoms with E-state index in [0.29, 0.717) is 11.8 Å². The smallest absolute Gasteiger partial charge is 0.123 e. The molecule has 1 rings (SSSR count). The van der Waals surface area contributed by atoms with Gasteiger partial charge in [-0.2, -0.15) is 0 Å². The van der Waals surface area contributed by atoms with Crippen LogP contribution in [0.5, 0.6) is 0 Å². The second kappa shape index (κ2) is 3.88. The summed E-state index contributed by atoms with van der Waals surface area (Å²) < 4.78 is 0. The Labute approximate surface area is 74.9 Å². The molecule has 1 heteroatoms. The fourth-order valence-corrected chi connectivity index (χ4v) is 2.03. The molecule has 0 heterocycles. The van der Waals surface area contributed by atoms with E-state index in [2.05, 4.69) is 26.8 Å². The van der Waals surface area contributed by atoms with Crippen LogP contribution in [0.2, 0.25) is 0 Å². The van der Waals surface area contributed by atoms with Gasteiger partial charge < -0.3 is 4.79 Å². The van der Waals surface area contributed by atoms with Crippen LogP contribution in [0.15, 0.2) is 11.6 Å². The van der Waals surface area contributed by atoms with Crippen molar-refractivity contribution in [2.45, 2.75) is 33.6 Å². The third kappa shape index (κ3) is 1.96. The van der Waals surface area contributed by atoms with Crippen molar-refractivity contribution >= 4 is 6.29 Å². The molecule has 0 saturated carbocycles. The number of hydrogen-bond acceptors (Lipinski definition) is 1. The molecule has 1 nitrogen and oxygen atoms in total. The maximum absolute atomic E-state index is 10.8. The van der Waals surface area contributed by atoms with E-state index >= 15 is 0 Å². The van der Waals surface area contributed by atoms with Crippen LogP contribution in [0.3, 0.4) is 0 Å². The highest BCUT2D eigenvalue weighted by Crippen LogP contribution is 2.32. The number of carbonyl (C=O) groups excluding carboxylic acids is 1. The zero-order chi connectivity index (χ0) is 9.14. The third-order valence-corrected chi connectivity index (χ3v) is 2.88. The predicted molar refractivity (Wildman–Crippen MR) is 50.9 cm³/mol. The van der Waals surface area contributed by atoms with E-state index in [0.717, 1.165) is 19.1 Å². The Morgan fingerprint density at radius 3 is 2.75 bits per heavy atom. The number of hydrogen-bond donors (Lipinski definition) is 0. The molecule has 68 valence electrons. The van der Waals surface area contributed by atoms with Crippen molar-refractivity contribution < 1.29 is 4.79 Å². The van der Waals surface area contributed by atoms with Crippen molar-refractivity contribution in [3.8, 4) is 0 Å². The fourth-order valence-electron chi connectivity index (χ4n) is 2.03. The van der Waals surface area contributed by atoms with E-state index in [9.17, 15) is 4.79 Å². The van der Waals surface area contributed by atoms with Gasteiger partial charge in [0.15, 0.2) is 0 Å². The van der Waals surface area contributed by atoms with Crippen LogP contribution in [0.4, 0.5) is 0 Å².